The van der Waals surface area contributed by atoms with E-state index in [0.717, 1.165) is 32.7 Å². The number of aliphatic hydroxyl groups is 2. The highest BCUT2D eigenvalue weighted by Gasteiger charge is 2.43. The van der Waals surface area contributed by atoms with Crippen LogP contribution in [0.25, 0.3) is 6.08 Å². The summed E-state index contributed by atoms with van der Waals surface area (Å²) in [5.74, 6) is -1.18. The van der Waals surface area contributed by atoms with Gasteiger partial charge in [0.05, 0.1) is 40.8 Å². The highest BCUT2D eigenvalue weighted by atomic mass is 79.9. The first-order chi connectivity index (χ1) is 20.3. The summed E-state index contributed by atoms with van der Waals surface area (Å²) in [6.45, 7) is 10.7. The summed E-state index contributed by atoms with van der Waals surface area (Å²) in [6, 6.07) is 7.60. The van der Waals surface area contributed by atoms with Crippen molar-refractivity contribution in [1.82, 2.24) is 4.98 Å². The molecule has 43 heavy (non-hydrogen) atoms. The number of nitrogens with zero attached hydrogens (tertiary/aromatic N) is 2. The predicted molar refractivity (Wildman–Crippen MR) is 172 cm³/mol. The molecule has 0 radical (unpaired) electrons. The lowest BCUT2D eigenvalue weighted by atomic mass is 9.73. The average Bonchev–Trinajstić information content (AvgIpc) is 3.56. The van der Waals surface area contributed by atoms with Crippen LogP contribution in [0.5, 0.6) is 0 Å². The molecule has 2 N–H and O–H groups in total. The number of hydrogen-bond donors (Lipinski definition) is 2. The molecule has 0 amide bonds. The van der Waals surface area contributed by atoms with Crippen LogP contribution in [0.2, 0.25) is 0 Å². The highest BCUT2D eigenvalue weighted by Crippen LogP contribution is 2.34. The Morgan fingerprint density at radius 1 is 1.12 bits per heavy atom. The van der Waals surface area contributed by atoms with Crippen molar-refractivity contribution in [3.8, 4) is 0 Å². The van der Waals surface area contributed by atoms with Gasteiger partial charge < -0.3 is 19.7 Å². The second-order valence-corrected chi connectivity index (χ2v) is 14.5. The smallest absolute Gasteiger partial charge is 0.309 e. The van der Waals surface area contributed by atoms with Gasteiger partial charge in [-0.15, -0.1) is 11.3 Å². The molecule has 8 nitrogen and oxygen atoms in total. The number of rotatable bonds is 3. The number of aromatic nitrogens is 1. The number of benzene rings is 1. The lowest BCUT2D eigenvalue weighted by Crippen LogP contribution is -2.46. The van der Waals surface area contributed by atoms with Crippen LogP contribution in [0.3, 0.4) is 0 Å². The molecule has 1 unspecified atom stereocenters. The van der Waals surface area contributed by atoms with Crippen molar-refractivity contribution in [3.63, 3.8) is 0 Å². The van der Waals surface area contributed by atoms with E-state index in [1.807, 2.05) is 56.5 Å². The molecule has 2 aliphatic rings. The normalized spacial score (nSPS) is 31.1. The maximum Gasteiger partial charge on any atom is 0.309 e. The van der Waals surface area contributed by atoms with Gasteiger partial charge in [-0.1, -0.05) is 50.0 Å². The Morgan fingerprint density at radius 3 is 2.47 bits per heavy atom. The van der Waals surface area contributed by atoms with Crippen molar-refractivity contribution < 1.29 is 29.3 Å². The van der Waals surface area contributed by atoms with E-state index in [-0.39, 0.29) is 30.3 Å². The number of thiazole rings is 1. The van der Waals surface area contributed by atoms with E-state index in [9.17, 15) is 19.8 Å². The molecule has 234 valence electrons. The molecular weight excluding hydrogens is 632 g/mol. The van der Waals surface area contributed by atoms with Crippen molar-refractivity contribution in [3.05, 3.63) is 56.0 Å². The largest absolute Gasteiger partial charge is 0.472 e. The second kappa shape index (κ2) is 14.1. The minimum Gasteiger partial charge on any atom is -0.472 e. The summed E-state index contributed by atoms with van der Waals surface area (Å²) < 4.78 is 13.4. The molecule has 0 aliphatic carbocycles. The minimum atomic E-state index is -1.28. The summed E-state index contributed by atoms with van der Waals surface area (Å²) in [5, 5.41) is 25.0. The van der Waals surface area contributed by atoms with Gasteiger partial charge in [0.2, 0.25) is 5.90 Å². The molecule has 0 spiro atoms. The number of aryl methyl sites for hydroxylation is 1. The number of halogens is 1. The highest BCUT2D eigenvalue weighted by molar-refractivity contribution is 9.10. The maximum absolute atomic E-state index is 13.4. The zero-order valence-electron chi connectivity index (χ0n) is 25.7. The number of aliphatic imine (C=N–C) groups is 1. The van der Waals surface area contributed by atoms with Gasteiger partial charge in [0.25, 0.3) is 0 Å². The fourth-order valence-corrected chi connectivity index (χ4v) is 6.66. The molecule has 0 saturated carbocycles. The summed E-state index contributed by atoms with van der Waals surface area (Å²) >= 11 is 5.02. The third kappa shape index (κ3) is 8.21. The number of ketones is 1. The first-order valence-electron chi connectivity index (χ1n) is 15.0. The SMILES string of the molecule is C/C(=C\c1csc(C)n1)[C@@H]1C[C@@H]2OC(c3ccc(Br)cc3)=NC2CCC[C@H](C)[C@H](O)[C@@H](C)C(=O)C(C)(C)[C@@H](O)CC(=O)O1. The van der Waals surface area contributed by atoms with Crippen LogP contribution < -0.4 is 0 Å². The second-order valence-electron chi connectivity index (χ2n) is 12.6. The summed E-state index contributed by atoms with van der Waals surface area (Å²) in [4.78, 5) is 36.2. The number of carbonyl (C=O) groups excluding carboxylic acids is 2. The van der Waals surface area contributed by atoms with E-state index in [1.54, 1.807) is 32.1 Å². The molecule has 10 heteroatoms. The van der Waals surface area contributed by atoms with Crippen molar-refractivity contribution in [2.45, 2.75) is 104 Å². The number of ether oxygens (including phenoxy) is 2. The molecule has 7 atom stereocenters. The Labute approximate surface area is 266 Å². The number of esters is 1. The molecule has 3 heterocycles. The Bertz CT molecular complexity index is 1350. The topological polar surface area (TPSA) is 118 Å². The maximum atomic E-state index is 13.4. The van der Waals surface area contributed by atoms with Gasteiger partial charge in [0.1, 0.15) is 18.0 Å². The Morgan fingerprint density at radius 2 is 1.81 bits per heavy atom. The van der Waals surface area contributed by atoms with Crippen molar-refractivity contribution in [2.24, 2.45) is 22.2 Å². The number of cyclic esters (lactones) is 1. The van der Waals surface area contributed by atoms with Crippen LogP contribution in [0.4, 0.5) is 0 Å². The first-order valence-corrected chi connectivity index (χ1v) is 16.6. The van der Waals surface area contributed by atoms with Gasteiger partial charge in [0, 0.05) is 27.8 Å². The van der Waals surface area contributed by atoms with Crippen molar-refractivity contribution >= 4 is 51.0 Å². The van der Waals surface area contributed by atoms with Crippen LogP contribution in [0.1, 0.15) is 83.0 Å². The molecule has 1 aromatic heterocycles. The van der Waals surface area contributed by atoms with Gasteiger partial charge >= 0.3 is 5.97 Å². The average molecular weight is 676 g/mol. The first kappa shape index (κ1) is 33.5. The molecule has 0 bridgehead atoms. The molecule has 1 aromatic carbocycles. The van der Waals surface area contributed by atoms with Crippen LogP contribution in [0.15, 0.2) is 44.7 Å². The van der Waals surface area contributed by atoms with E-state index in [1.165, 1.54) is 0 Å². The van der Waals surface area contributed by atoms with Gasteiger partial charge in [-0.05, 0) is 68.5 Å². The number of Topliss-reactive ketones (excluding diaryl/α,β-unsaturated/α-hetero) is 1. The Kier molecular flexibility index (Phi) is 11.0. The number of carbonyl (C=O) groups is 2. The van der Waals surface area contributed by atoms with E-state index in [4.69, 9.17) is 14.5 Å². The third-order valence-electron chi connectivity index (χ3n) is 8.80. The van der Waals surface area contributed by atoms with Gasteiger partial charge in [-0.25, -0.2) is 9.98 Å². The summed E-state index contributed by atoms with van der Waals surface area (Å²) in [5.41, 5.74) is 1.20. The standard InChI is InChI=1S/C33H43BrN2O6S/c1-18-8-7-9-25-27(42-32(36-25)22-10-12-23(34)13-11-22)15-26(19(2)14-24-17-43-21(4)35-24)41-29(38)16-28(37)33(5,6)31(40)20(3)30(18)39/h10-14,17-18,20,25-28,30,37,39H,7-9,15-16H2,1-6H3/b19-14+/t18-,20+,25?,26-,27-,28-,30-/m0/s1. The molecular formula is C33H43BrN2O6S. The molecule has 4 rings (SSSR count). The van der Waals surface area contributed by atoms with Crippen LogP contribution in [-0.4, -0.2) is 63.3 Å². The Hall–Kier alpha value is -2.40. The van der Waals surface area contributed by atoms with Gasteiger partial charge in [-0.3, -0.25) is 9.59 Å². The fraction of sp³-hybridized carbons (Fsp3) is 0.576. The van der Waals surface area contributed by atoms with E-state index < -0.39 is 35.6 Å². The lowest BCUT2D eigenvalue weighted by molar-refractivity contribution is -0.155. The Balaban J connectivity index is 1.67. The molecule has 1 saturated heterocycles. The number of aliphatic hydroxyl groups excluding tert-OH is 2. The number of hydrogen-bond acceptors (Lipinski definition) is 9. The zero-order chi connectivity index (χ0) is 31.5. The predicted octanol–water partition coefficient (Wildman–Crippen LogP) is 6.30. The van der Waals surface area contributed by atoms with Gasteiger partial charge in [0.15, 0.2) is 0 Å². The van der Waals surface area contributed by atoms with Crippen molar-refractivity contribution in [2.75, 3.05) is 0 Å². The van der Waals surface area contributed by atoms with E-state index in [2.05, 4.69) is 20.9 Å². The van der Waals surface area contributed by atoms with Crippen molar-refractivity contribution in [1.29, 1.82) is 0 Å². The van der Waals surface area contributed by atoms with Crippen LogP contribution >= 0.6 is 27.3 Å². The minimum absolute atomic E-state index is 0.139. The number of fused-ring (bicyclic) bond motifs is 1. The van der Waals surface area contributed by atoms with Crippen LogP contribution in [0, 0.1) is 24.2 Å². The summed E-state index contributed by atoms with van der Waals surface area (Å²) in [6.07, 6.45) is 0.941. The molecule has 2 aliphatic heterocycles. The lowest BCUT2D eigenvalue weighted by Gasteiger charge is -2.34. The third-order valence-corrected chi connectivity index (χ3v) is 10.1. The fourth-order valence-electron chi connectivity index (χ4n) is 5.83. The van der Waals surface area contributed by atoms with E-state index >= 15 is 0 Å². The molecule has 2 aromatic rings. The van der Waals surface area contributed by atoms with Crippen LogP contribution in [-0.2, 0) is 19.1 Å². The monoisotopic (exact) mass is 674 g/mol. The van der Waals surface area contributed by atoms with Gasteiger partial charge in [-0.2, -0.15) is 0 Å². The van der Waals surface area contributed by atoms with E-state index in [0.29, 0.717) is 25.2 Å². The zero-order valence-corrected chi connectivity index (χ0v) is 28.2. The quantitative estimate of drug-likeness (QED) is 0.367. The summed E-state index contributed by atoms with van der Waals surface area (Å²) in [7, 11) is 0. The molecule has 1 fully saturated rings.